The van der Waals surface area contributed by atoms with Crippen LogP contribution in [0.1, 0.15) is 48.8 Å². The van der Waals surface area contributed by atoms with E-state index < -0.39 is 0 Å². The predicted molar refractivity (Wildman–Crippen MR) is 99.9 cm³/mol. The standard InChI is InChI=1S/C20H27N3O3/c1-4-25-17-9-8-15(13-18(17)26-5-2)20(24)23-11-6-7-16(14-23)19-21-10-12-22(19)3/h8-10,12-13,16H,4-7,11,14H2,1-3H3. The van der Waals surface area contributed by atoms with E-state index in [0.717, 1.165) is 25.2 Å². The molecule has 1 aromatic heterocycles. The zero-order chi connectivity index (χ0) is 18.5. The molecule has 0 N–H and O–H groups in total. The summed E-state index contributed by atoms with van der Waals surface area (Å²) in [6.07, 6.45) is 5.81. The Balaban J connectivity index is 1.77. The van der Waals surface area contributed by atoms with E-state index in [1.165, 1.54) is 0 Å². The van der Waals surface area contributed by atoms with Crippen LogP contribution in [0.3, 0.4) is 0 Å². The number of benzene rings is 1. The highest BCUT2D eigenvalue weighted by molar-refractivity contribution is 5.95. The molecule has 1 amide bonds. The summed E-state index contributed by atoms with van der Waals surface area (Å²) >= 11 is 0. The van der Waals surface area contributed by atoms with E-state index in [-0.39, 0.29) is 11.8 Å². The first-order valence-corrected chi connectivity index (χ1v) is 9.30. The maximum Gasteiger partial charge on any atom is 0.254 e. The van der Waals surface area contributed by atoms with Gasteiger partial charge in [0.25, 0.3) is 5.91 Å². The van der Waals surface area contributed by atoms with Gasteiger partial charge in [0.2, 0.25) is 0 Å². The van der Waals surface area contributed by atoms with E-state index in [1.54, 1.807) is 6.07 Å². The summed E-state index contributed by atoms with van der Waals surface area (Å²) in [4.78, 5) is 19.4. The van der Waals surface area contributed by atoms with Gasteiger partial charge in [0.05, 0.1) is 13.2 Å². The minimum atomic E-state index is 0.0351. The molecule has 0 radical (unpaired) electrons. The van der Waals surface area contributed by atoms with Gasteiger partial charge < -0.3 is 18.9 Å². The lowest BCUT2D eigenvalue weighted by Crippen LogP contribution is -2.39. The van der Waals surface area contributed by atoms with Crippen molar-refractivity contribution < 1.29 is 14.3 Å². The fourth-order valence-corrected chi connectivity index (χ4v) is 3.51. The molecular weight excluding hydrogens is 330 g/mol. The quantitative estimate of drug-likeness (QED) is 0.796. The minimum absolute atomic E-state index is 0.0351. The average molecular weight is 357 g/mol. The Morgan fingerprint density at radius 3 is 2.69 bits per heavy atom. The molecule has 0 aliphatic carbocycles. The van der Waals surface area contributed by atoms with E-state index in [9.17, 15) is 4.79 Å². The summed E-state index contributed by atoms with van der Waals surface area (Å²) < 4.78 is 13.3. The van der Waals surface area contributed by atoms with Gasteiger partial charge in [0.15, 0.2) is 11.5 Å². The molecule has 6 heteroatoms. The van der Waals surface area contributed by atoms with Crippen molar-refractivity contribution in [2.75, 3.05) is 26.3 Å². The second-order valence-corrected chi connectivity index (χ2v) is 6.51. The van der Waals surface area contributed by atoms with Gasteiger partial charge in [0.1, 0.15) is 5.82 Å². The van der Waals surface area contributed by atoms with Gasteiger partial charge in [0, 0.05) is 44.0 Å². The molecule has 26 heavy (non-hydrogen) atoms. The number of aryl methyl sites for hydroxylation is 1. The van der Waals surface area contributed by atoms with Crippen molar-refractivity contribution in [3.05, 3.63) is 42.0 Å². The van der Waals surface area contributed by atoms with Crippen molar-refractivity contribution in [1.82, 2.24) is 14.5 Å². The van der Waals surface area contributed by atoms with E-state index in [1.807, 2.05) is 54.9 Å². The van der Waals surface area contributed by atoms with Crippen LogP contribution in [0.5, 0.6) is 11.5 Å². The maximum atomic E-state index is 13.0. The lowest BCUT2D eigenvalue weighted by molar-refractivity contribution is 0.0703. The van der Waals surface area contributed by atoms with Crippen molar-refractivity contribution in [2.24, 2.45) is 7.05 Å². The minimum Gasteiger partial charge on any atom is -0.490 e. The average Bonchev–Trinajstić information content (AvgIpc) is 3.09. The largest absolute Gasteiger partial charge is 0.490 e. The number of likely N-dealkylation sites (tertiary alicyclic amines) is 1. The number of nitrogens with zero attached hydrogens (tertiary/aromatic N) is 3. The third-order valence-electron chi connectivity index (χ3n) is 4.72. The molecule has 6 nitrogen and oxygen atoms in total. The summed E-state index contributed by atoms with van der Waals surface area (Å²) in [7, 11) is 2.00. The summed E-state index contributed by atoms with van der Waals surface area (Å²) in [5.74, 6) is 2.66. The number of amides is 1. The van der Waals surface area contributed by atoms with Gasteiger partial charge in [-0.3, -0.25) is 4.79 Å². The molecule has 0 bridgehead atoms. The number of ether oxygens (including phenoxy) is 2. The molecule has 0 saturated carbocycles. The Morgan fingerprint density at radius 2 is 2.00 bits per heavy atom. The van der Waals surface area contributed by atoms with Crippen molar-refractivity contribution in [3.8, 4) is 11.5 Å². The number of imidazole rings is 1. The number of rotatable bonds is 6. The molecule has 1 atom stereocenters. The van der Waals surface area contributed by atoms with E-state index >= 15 is 0 Å². The highest BCUT2D eigenvalue weighted by Crippen LogP contribution is 2.31. The highest BCUT2D eigenvalue weighted by Gasteiger charge is 2.28. The molecule has 1 fully saturated rings. The zero-order valence-electron chi connectivity index (χ0n) is 15.8. The number of hydrogen-bond donors (Lipinski definition) is 0. The van der Waals surface area contributed by atoms with Gasteiger partial charge >= 0.3 is 0 Å². The van der Waals surface area contributed by atoms with Crippen LogP contribution >= 0.6 is 0 Å². The third kappa shape index (κ3) is 3.84. The van der Waals surface area contributed by atoms with E-state index in [2.05, 4.69) is 4.98 Å². The van der Waals surface area contributed by atoms with E-state index in [4.69, 9.17) is 9.47 Å². The molecule has 1 saturated heterocycles. The molecule has 0 spiro atoms. The van der Waals surface area contributed by atoms with Crippen LogP contribution in [0.25, 0.3) is 0 Å². The van der Waals surface area contributed by atoms with Gasteiger partial charge in [-0.15, -0.1) is 0 Å². The van der Waals surface area contributed by atoms with Gasteiger partial charge in [-0.05, 0) is 44.9 Å². The van der Waals surface area contributed by atoms with Gasteiger partial charge in [-0.1, -0.05) is 0 Å². The van der Waals surface area contributed by atoms with Crippen LogP contribution in [-0.2, 0) is 7.05 Å². The van der Waals surface area contributed by atoms with Crippen LogP contribution in [0.4, 0.5) is 0 Å². The van der Waals surface area contributed by atoms with Crippen LogP contribution in [-0.4, -0.2) is 46.7 Å². The SMILES string of the molecule is CCOc1ccc(C(=O)N2CCCC(c3nccn3C)C2)cc1OCC. The molecule has 3 rings (SSSR count). The second kappa shape index (κ2) is 8.25. The molecule has 1 aliphatic rings. The fraction of sp³-hybridized carbons (Fsp3) is 0.500. The van der Waals surface area contributed by atoms with Gasteiger partial charge in [-0.2, -0.15) is 0 Å². The number of piperidine rings is 1. The van der Waals surface area contributed by atoms with Crippen LogP contribution < -0.4 is 9.47 Å². The first-order chi connectivity index (χ1) is 12.6. The third-order valence-corrected chi connectivity index (χ3v) is 4.72. The Kier molecular flexibility index (Phi) is 5.81. The lowest BCUT2D eigenvalue weighted by Gasteiger charge is -2.32. The Bertz CT molecular complexity index is 757. The lowest BCUT2D eigenvalue weighted by atomic mass is 9.96. The summed E-state index contributed by atoms with van der Waals surface area (Å²) in [5.41, 5.74) is 0.636. The second-order valence-electron chi connectivity index (χ2n) is 6.51. The fourth-order valence-electron chi connectivity index (χ4n) is 3.51. The van der Waals surface area contributed by atoms with Crippen LogP contribution in [0, 0.1) is 0 Å². The molecule has 2 heterocycles. The van der Waals surface area contributed by atoms with Crippen molar-refractivity contribution >= 4 is 5.91 Å². The van der Waals surface area contributed by atoms with Crippen molar-refractivity contribution in [2.45, 2.75) is 32.6 Å². The normalized spacial score (nSPS) is 17.2. The number of hydrogen-bond acceptors (Lipinski definition) is 4. The van der Waals surface area contributed by atoms with E-state index in [0.29, 0.717) is 36.8 Å². The highest BCUT2D eigenvalue weighted by atomic mass is 16.5. The zero-order valence-corrected chi connectivity index (χ0v) is 15.8. The molecule has 1 unspecified atom stereocenters. The van der Waals surface area contributed by atoms with Crippen molar-refractivity contribution in [1.29, 1.82) is 0 Å². The van der Waals surface area contributed by atoms with Crippen molar-refractivity contribution in [3.63, 3.8) is 0 Å². The Morgan fingerprint density at radius 1 is 1.23 bits per heavy atom. The summed E-state index contributed by atoms with van der Waals surface area (Å²) in [5, 5.41) is 0. The molecule has 140 valence electrons. The van der Waals surface area contributed by atoms with Gasteiger partial charge in [-0.25, -0.2) is 4.98 Å². The van der Waals surface area contributed by atoms with Crippen LogP contribution in [0.15, 0.2) is 30.6 Å². The summed E-state index contributed by atoms with van der Waals surface area (Å²) in [6.45, 7) is 6.41. The number of carbonyl (C=O) groups excluding carboxylic acids is 1. The maximum absolute atomic E-state index is 13.0. The topological polar surface area (TPSA) is 56.6 Å². The smallest absolute Gasteiger partial charge is 0.254 e. The predicted octanol–water partition coefficient (Wildman–Crippen LogP) is 3.24. The molecular formula is C20H27N3O3. The Labute approximate surface area is 154 Å². The summed E-state index contributed by atoms with van der Waals surface area (Å²) in [6, 6.07) is 5.43. The molecule has 1 aromatic carbocycles. The first kappa shape index (κ1) is 18.3. The monoisotopic (exact) mass is 357 g/mol. The van der Waals surface area contributed by atoms with Crippen LogP contribution in [0.2, 0.25) is 0 Å². The number of aromatic nitrogens is 2. The molecule has 1 aliphatic heterocycles. The first-order valence-electron chi connectivity index (χ1n) is 9.30. The number of carbonyl (C=O) groups is 1. The Hall–Kier alpha value is -2.50. The molecule has 2 aromatic rings.